The summed E-state index contributed by atoms with van der Waals surface area (Å²) in [6, 6.07) is 4.63. The third kappa shape index (κ3) is 5.55. The van der Waals surface area contributed by atoms with Gasteiger partial charge in [-0.2, -0.15) is 0 Å². The monoisotopic (exact) mass is 314 g/mol. The molecular weight excluding hydrogens is 291 g/mol. The van der Waals surface area contributed by atoms with E-state index in [0.717, 1.165) is 64.1 Å². The minimum atomic E-state index is -0.281. The van der Waals surface area contributed by atoms with Crippen LogP contribution in [0.5, 0.6) is 0 Å². The van der Waals surface area contributed by atoms with Crippen LogP contribution in [-0.2, 0) is 6.54 Å². The highest BCUT2D eigenvalue weighted by Gasteiger charge is 2.17. The van der Waals surface area contributed by atoms with E-state index in [1.54, 1.807) is 6.07 Å². The molecule has 1 aromatic carbocycles. The number of nitrogens with zero attached hydrogens (tertiary/aromatic N) is 2. The Morgan fingerprint density at radius 1 is 1.05 bits per heavy atom. The van der Waals surface area contributed by atoms with Crippen molar-refractivity contribution in [3.8, 4) is 0 Å². The summed E-state index contributed by atoms with van der Waals surface area (Å²) in [7, 11) is 0. The summed E-state index contributed by atoms with van der Waals surface area (Å²) in [6.07, 6.45) is 3.16. The Labute approximate surface area is 131 Å². The van der Waals surface area contributed by atoms with Crippen LogP contribution >= 0.6 is 11.6 Å². The fourth-order valence-corrected chi connectivity index (χ4v) is 2.91. The Balaban J connectivity index is 1.71. The van der Waals surface area contributed by atoms with E-state index in [9.17, 15) is 4.39 Å². The molecule has 3 nitrogen and oxygen atoms in total. The van der Waals surface area contributed by atoms with Crippen LogP contribution in [0.2, 0.25) is 5.02 Å². The highest BCUT2D eigenvalue weighted by molar-refractivity contribution is 6.31. The second kappa shape index (κ2) is 8.69. The first-order valence-corrected chi connectivity index (χ1v) is 8.06. The van der Waals surface area contributed by atoms with Gasteiger partial charge in [-0.05, 0) is 43.5 Å². The summed E-state index contributed by atoms with van der Waals surface area (Å²) < 4.78 is 13.0. The summed E-state index contributed by atoms with van der Waals surface area (Å²) in [5.74, 6) is -0.281. The molecule has 0 aliphatic carbocycles. The van der Waals surface area contributed by atoms with E-state index < -0.39 is 0 Å². The molecule has 0 amide bonds. The molecule has 0 unspecified atom stereocenters. The first-order valence-electron chi connectivity index (χ1n) is 7.68. The van der Waals surface area contributed by atoms with Gasteiger partial charge in [-0.1, -0.05) is 17.7 Å². The maximum Gasteiger partial charge on any atom is 0.124 e. The van der Waals surface area contributed by atoms with Gasteiger partial charge in [0.2, 0.25) is 0 Å². The largest absolute Gasteiger partial charge is 0.396 e. The summed E-state index contributed by atoms with van der Waals surface area (Å²) in [5.41, 5.74) is 0.995. The molecule has 0 atom stereocenters. The Morgan fingerprint density at radius 2 is 1.76 bits per heavy atom. The van der Waals surface area contributed by atoms with Gasteiger partial charge in [-0.15, -0.1) is 0 Å². The third-order valence-corrected chi connectivity index (χ3v) is 4.36. The number of rotatable bonds is 7. The average Bonchev–Trinajstić information content (AvgIpc) is 2.48. The predicted molar refractivity (Wildman–Crippen MR) is 84.1 cm³/mol. The highest BCUT2D eigenvalue weighted by Crippen LogP contribution is 2.19. The molecule has 1 N–H and O–H groups in total. The number of unbranched alkanes of at least 4 members (excludes halogenated alkanes) is 2. The summed E-state index contributed by atoms with van der Waals surface area (Å²) in [6.45, 7) is 6.38. The SMILES string of the molecule is OCCCCCN1CCN(Cc2ccc(F)cc2Cl)CC1. The lowest BCUT2D eigenvalue weighted by atomic mass is 10.2. The molecule has 1 fully saturated rings. The summed E-state index contributed by atoms with van der Waals surface area (Å²) in [4.78, 5) is 4.84. The van der Waals surface area contributed by atoms with E-state index in [1.165, 1.54) is 12.1 Å². The molecule has 5 heteroatoms. The van der Waals surface area contributed by atoms with Crippen molar-refractivity contribution in [1.29, 1.82) is 0 Å². The van der Waals surface area contributed by atoms with Crippen molar-refractivity contribution in [3.63, 3.8) is 0 Å². The zero-order valence-electron chi connectivity index (χ0n) is 12.4. The second-order valence-electron chi connectivity index (χ2n) is 5.64. The molecule has 1 saturated heterocycles. The molecule has 1 heterocycles. The molecule has 2 rings (SSSR count). The van der Waals surface area contributed by atoms with E-state index in [-0.39, 0.29) is 5.82 Å². The molecular formula is C16H24ClFN2O. The van der Waals surface area contributed by atoms with Crippen LogP contribution in [0.3, 0.4) is 0 Å². The van der Waals surface area contributed by atoms with Crippen LogP contribution in [0, 0.1) is 5.82 Å². The number of piperazine rings is 1. The van der Waals surface area contributed by atoms with Gasteiger partial charge in [0, 0.05) is 44.4 Å². The zero-order valence-corrected chi connectivity index (χ0v) is 13.2. The minimum absolute atomic E-state index is 0.281. The maximum atomic E-state index is 13.0. The first-order chi connectivity index (χ1) is 10.2. The van der Waals surface area contributed by atoms with Crippen LogP contribution in [-0.4, -0.2) is 54.2 Å². The smallest absolute Gasteiger partial charge is 0.124 e. The molecule has 1 aromatic rings. The van der Waals surface area contributed by atoms with Crippen LogP contribution in [0.25, 0.3) is 0 Å². The standard InChI is InChI=1S/C16H24ClFN2O/c17-16-12-15(18)5-4-14(16)13-20-9-7-19(8-10-20)6-2-1-3-11-21/h4-5,12,21H,1-3,6-11,13H2. The minimum Gasteiger partial charge on any atom is -0.396 e. The Hall–Kier alpha value is -0.680. The van der Waals surface area contributed by atoms with Gasteiger partial charge in [0.05, 0.1) is 0 Å². The quantitative estimate of drug-likeness (QED) is 0.784. The van der Waals surface area contributed by atoms with Gasteiger partial charge < -0.3 is 10.0 Å². The lowest BCUT2D eigenvalue weighted by Gasteiger charge is -2.34. The van der Waals surface area contributed by atoms with E-state index >= 15 is 0 Å². The Kier molecular flexibility index (Phi) is 6.90. The zero-order chi connectivity index (χ0) is 15.1. The van der Waals surface area contributed by atoms with E-state index in [2.05, 4.69) is 9.80 Å². The van der Waals surface area contributed by atoms with Gasteiger partial charge in [-0.3, -0.25) is 4.90 Å². The molecule has 118 valence electrons. The van der Waals surface area contributed by atoms with Crippen molar-refractivity contribution < 1.29 is 9.50 Å². The second-order valence-corrected chi connectivity index (χ2v) is 6.04. The third-order valence-electron chi connectivity index (χ3n) is 4.01. The van der Waals surface area contributed by atoms with Gasteiger partial charge in [0.25, 0.3) is 0 Å². The number of aliphatic hydroxyl groups is 1. The molecule has 0 bridgehead atoms. The van der Waals surface area contributed by atoms with Crippen LogP contribution < -0.4 is 0 Å². The van der Waals surface area contributed by atoms with Crippen molar-refractivity contribution in [2.45, 2.75) is 25.8 Å². The van der Waals surface area contributed by atoms with Crippen LogP contribution in [0.1, 0.15) is 24.8 Å². The number of hydrogen-bond donors (Lipinski definition) is 1. The Morgan fingerprint density at radius 3 is 2.43 bits per heavy atom. The summed E-state index contributed by atoms with van der Waals surface area (Å²) in [5, 5.41) is 9.28. The number of hydrogen-bond acceptors (Lipinski definition) is 3. The number of aliphatic hydroxyl groups excluding tert-OH is 1. The normalized spacial score (nSPS) is 17.3. The van der Waals surface area contributed by atoms with Crippen molar-refractivity contribution in [1.82, 2.24) is 9.80 Å². The number of benzene rings is 1. The molecule has 0 saturated carbocycles. The topological polar surface area (TPSA) is 26.7 Å². The Bertz CT molecular complexity index is 436. The van der Waals surface area contributed by atoms with E-state index in [1.807, 2.05) is 0 Å². The molecule has 0 aromatic heterocycles. The fourth-order valence-electron chi connectivity index (χ4n) is 2.69. The van der Waals surface area contributed by atoms with E-state index in [4.69, 9.17) is 16.7 Å². The van der Waals surface area contributed by atoms with Crippen LogP contribution in [0.15, 0.2) is 18.2 Å². The van der Waals surface area contributed by atoms with Gasteiger partial charge in [-0.25, -0.2) is 4.39 Å². The van der Waals surface area contributed by atoms with Gasteiger partial charge >= 0.3 is 0 Å². The fraction of sp³-hybridized carbons (Fsp3) is 0.625. The molecule has 0 radical (unpaired) electrons. The first kappa shape index (κ1) is 16.7. The number of halogens is 2. The van der Waals surface area contributed by atoms with Crippen molar-refractivity contribution in [3.05, 3.63) is 34.6 Å². The van der Waals surface area contributed by atoms with Crippen molar-refractivity contribution in [2.24, 2.45) is 0 Å². The van der Waals surface area contributed by atoms with Crippen LogP contribution in [0.4, 0.5) is 4.39 Å². The predicted octanol–water partition coefficient (Wildman–Crippen LogP) is 2.76. The van der Waals surface area contributed by atoms with Crippen molar-refractivity contribution >= 4 is 11.6 Å². The molecule has 1 aliphatic heterocycles. The lowest BCUT2D eigenvalue weighted by molar-refractivity contribution is 0.125. The maximum absolute atomic E-state index is 13.0. The lowest BCUT2D eigenvalue weighted by Crippen LogP contribution is -2.46. The average molecular weight is 315 g/mol. The summed E-state index contributed by atoms with van der Waals surface area (Å²) >= 11 is 6.08. The molecule has 21 heavy (non-hydrogen) atoms. The van der Waals surface area contributed by atoms with E-state index in [0.29, 0.717) is 11.6 Å². The molecule has 1 aliphatic rings. The van der Waals surface area contributed by atoms with Gasteiger partial charge in [0.15, 0.2) is 0 Å². The molecule has 0 spiro atoms. The highest BCUT2D eigenvalue weighted by atomic mass is 35.5. The van der Waals surface area contributed by atoms with Crippen molar-refractivity contribution in [2.75, 3.05) is 39.3 Å². The van der Waals surface area contributed by atoms with Gasteiger partial charge in [0.1, 0.15) is 5.82 Å².